The van der Waals surface area contributed by atoms with Gasteiger partial charge in [0.1, 0.15) is 5.82 Å². The van der Waals surface area contributed by atoms with Crippen LogP contribution in [0.3, 0.4) is 0 Å². The SMILES string of the molecule is Cl.O=C(NCC1CCCNC1)c1cc(F)ccc1Br. The lowest BCUT2D eigenvalue weighted by molar-refractivity contribution is 0.0943. The molecular formula is C13H17BrClFN2O. The topological polar surface area (TPSA) is 41.1 Å². The van der Waals surface area contributed by atoms with Crippen molar-refractivity contribution in [2.75, 3.05) is 19.6 Å². The molecule has 0 aliphatic carbocycles. The van der Waals surface area contributed by atoms with Crippen molar-refractivity contribution in [3.8, 4) is 0 Å². The number of nitrogens with one attached hydrogen (secondary N) is 2. The maximum Gasteiger partial charge on any atom is 0.252 e. The van der Waals surface area contributed by atoms with Crippen LogP contribution in [0.4, 0.5) is 4.39 Å². The maximum absolute atomic E-state index is 13.1. The molecule has 2 N–H and O–H groups in total. The summed E-state index contributed by atoms with van der Waals surface area (Å²) < 4.78 is 13.7. The molecular weight excluding hydrogens is 335 g/mol. The second kappa shape index (κ2) is 7.82. The minimum absolute atomic E-state index is 0. The van der Waals surface area contributed by atoms with Gasteiger partial charge in [-0.25, -0.2) is 4.39 Å². The Bertz CT molecular complexity index is 439. The van der Waals surface area contributed by atoms with Crippen LogP contribution in [0.25, 0.3) is 0 Å². The van der Waals surface area contributed by atoms with E-state index in [1.54, 1.807) is 6.07 Å². The van der Waals surface area contributed by atoms with Gasteiger partial charge in [-0.2, -0.15) is 0 Å². The zero-order valence-corrected chi connectivity index (χ0v) is 12.8. The molecule has 1 aromatic rings. The molecule has 0 aromatic heterocycles. The molecule has 1 amide bonds. The summed E-state index contributed by atoms with van der Waals surface area (Å²) in [6.45, 7) is 2.62. The minimum atomic E-state index is -0.400. The molecule has 19 heavy (non-hydrogen) atoms. The lowest BCUT2D eigenvalue weighted by atomic mass is 10.00. The third-order valence-electron chi connectivity index (χ3n) is 3.12. The largest absolute Gasteiger partial charge is 0.352 e. The fourth-order valence-electron chi connectivity index (χ4n) is 2.10. The summed E-state index contributed by atoms with van der Waals surface area (Å²) in [6, 6.07) is 4.12. The Labute approximate surface area is 126 Å². The zero-order valence-electron chi connectivity index (χ0n) is 10.4. The Morgan fingerprint density at radius 1 is 1.53 bits per heavy atom. The zero-order chi connectivity index (χ0) is 13.0. The summed E-state index contributed by atoms with van der Waals surface area (Å²) in [5.41, 5.74) is 0.346. The molecule has 1 aliphatic heterocycles. The van der Waals surface area contributed by atoms with Crippen LogP contribution in [0.2, 0.25) is 0 Å². The molecule has 1 fully saturated rings. The van der Waals surface area contributed by atoms with E-state index in [1.807, 2.05) is 0 Å². The molecule has 1 atom stereocenters. The molecule has 0 radical (unpaired) electrons. The molecule has 2 rings (SSSR count). The second-order valence-electron chi connectivity index (χ2n) is 4.55. The lowest BCUT2D eigenvalue weighted by Crippen LogP contribution is -2.38. The number of benzene rings is 1. The van der Waals surface area contributed by atoms with E-state index in [0.29, 0.717) is 22.5 Å². The van der Waals surface area contributed by atoms with Crippen molar-refractivity contribution in [1.82, 2.24) is 10.6 Å². The van der Waals surface area contributed by atoms with Crippen LogP contribution in [0.15, 0.2) is 22.7 Å². The molecule has 1 aliphatic rings. The smallest absolute Gasteiger partial charge is 0.252 e. The molecule has 1 aromatic carbocycles. The van der Waals surface area contributed by atoms with Crippen molar-refractivity contribution >= 4 is 34.2 Å². The first-order chi connectivity index (χ1) is 8.66. The Kier molecular flexibility index (Phi) is 6.75. The van der Waals surface area contributed by atoms with E-state index in [9.17, 15) is 9.18 Å². The fraction of sp³-hybridized carbons (Fsp3) is 0.462. The van der Waals surface area contributed by atoms with Crippen LogP contribution >= 0.6 is 28.3 Å². The molecule has 1 heterocycles. The second-order valence-corrected chi connectivity index (χ2v) is 5.40. The first kappa shape index (κ1) is 16.4. The van der Waals surface area contributed by atoms with E-state index >= 15 is 0 Å². The highest BCUT2D eigenvalue weighted by molar-refractivity contribution is 9.10. The Morgan fingerprint density at radius 2 is 2.32 bits per heavy atom. The summed E-state index contributed by atoms with van der Waals surface area (Å²) in [6.07, 6.45) is 2.27. The molecule has 6 heteroatoms. The van der Waals surface area contributed by atoms with Crippen molar-refractivity contribution in [3.05, 3.63) is 34.1 Å². The summed E-state index contributed by atoms with van der Waals surface area (Å²) in [4.78, 5) is 11.9. The van der Waals surface area contributed by atoms with Crippen LogP contribution in [-0.4, -0.2) is 25.5 Å². The third kappa shape index (κ3) is 4.75. The summed E-state index contributed by atoms with van der Waals surface area (Å²) in [5.74, 6) is -0.162. The molecule has 1 unspecified atom stereocenters. The average Bonchev–Trinajstić information content (AvgIpc) is 2.40. The van der Waals surface area contributed by atoms with Gasteiger partial charge in [-0.15, -0.1) is 12.4 Å². The summed E-state index contributed by atoms with van der Waals surface area (Å²) in [7, 11) is 0. The van der Waals surface area contributed by atoms with E-state index in [0.717, 1.165) is 25.9 Å². The van der Waals surface area contributed by atoms with E-state index in [4.69, 9.17) is 0 Å². The van der Waals surface area contributed by atoms with E-state index in [2.05, 4.69) is 26.6 Å². The van der Waals surface area contributed by atoms with Crippen LogP contribution in [-0.2, 0) is 0 Å². The van der Waals surface area contributed by atoms with E-state index < -0.39 is 5.82 Å². The molecule has 0 spiro atoms. The van der Waals surface area contributed by atoms with Gasteiger partial charge in [-0.3, -0.25) is 4.79 Å². The Balaban J connectivity index is 0.00000180. The van der Waals surface area contributed by atoms with Gasteiger partial charge >= 0.3 is 0 Å². The predicted octanol–water partition coefficient (Wildman–Crippen LogP) is 2.74. The highest BCUT2D eigenvalue weighted by atomic mass is 79.9. The van der Waals surface area contributed by atoms with Crippen LogP contribution in [0.5, 0.6) is 0 Å². The lowest BCUT2D eigenvalue weighted by Gasteiger charge is -2.22. The number of carbonyl (C=O) groups excluding carboxylic acids is 1. The number of hydrogen-bond donors (Lipinski definition) is 2. The van der Waals surface area contributed by atoms with Crippen LogP contribution in [0.1, 0.15) is 23.2 Å². The number of carbonyl (C=O) groups is 1. The summed E-state index contributed by atoms with van der Waals surface area (Å²) >= 11 is 3.26. The predicted molar refractivity (Wildman–Crippen MR) is 79.3 cm³/mol. The van der Waals surface area contributed by atoms with Crippen molar-refractivity contribution in [1.29, 1.82) is 0 Å². The maximum atomic E-state index is 13.1. The Morgan fingerprint density at radius 3 is 3.00 bits per heavy atom. The van der Waals surface area contributed by atoms with Crippen LogP contribution < -0.4 is 10.6 Å². The monoisotopic (exact) mass is 350 g/mol. The number of amides is 1. The van der Waals surface area contributed by atoms with E-state index in [1.165, 1.54) is 12.1 Å². The summed E-state index contributed by atoms with van der Waals surface area (Å²) in [5, 5.41) is 6.16. The van der Waals surface area contributed by atoms with E-state index in [-0.39, 0.29) is 18.3 Å². The van der Waals surface area contributed by atoms with Crippen LogP contribution in [0, 0.1) is 11.7 Å². The van der Waals surface area contributed by atoms with Crippen molar-refractivity contribution in [3.63, 3.8) is 0 Å². The third-order valence-corrected chi connectivity index (χ3v) is 3.81. The first-order valence-corrected chi connectivity index (χ1v) is 6.90. The van der Waals surface area contributed by atoms with Crippen molar-refractivity contribution < 1.29 is 9.18 Å². The normalized spacial score (nSPS) is 18.5. The minimum Gasteiger partial charge on any atom is -0.352 e. The molecule has 106 valence electrons. The van der Waals surface area contributed by atoms with Crippen molar-refractivity contribution in [2.45, 2.75) is 12.8 Å². The first-order valence-electron chi connectivity index (χ1n) is 6.11. The Hall–Kier alpha value is -0.650. The van der Waals surface area contributed by atoms with Gasteiger partial charge < -0.3 is 10.6 Å². The standard InChI is InChI=1S/C13H16BrFN2O.ClH/c14-12-4-3-10(15)6-11(12)13(18)17-8-9-2-1-5-16-7-9;/h3-4,6,9,16H,1-2,5,7-8H2,(H,17,18);1H. The number of halogens is 3. The van der Waals surface area contributed by atoms with Gasteiger partial charge in [-0.1, -0.05) is 0 Å². The highest BCUT2D eigenvalue weighted by Gasteiger charge is 2.16. The number of piperidine rings is 1. The number of hydrogen-bond acceptors (Lipinski definition) is 2. The van der Waals surface area contributed by atoms with Gasteiger partial charge in [0.25, 0.3) is 5.91 Å². The molecule has 3 nitrogen and oxygen atoms in total. The van der Waals surface area contributed by atoms with Crippen molar-refractivity contribution in [2.24, 2.45) is 5.92 Å². The van der Waals surface area contributed by atoms with Gasteiger partial charge in [-0.05, 0) is 66.0 Å². The number of rotatable bonds is 3. The quantitative estimate of drug-likeness (QED) is 0.879. The molecule has 0 bridgehead atoms. The average molecular weight is 352 g/mol. The molecule has 0 saturated carbocycles. The van der Waals surface area contributed by atoms with Gasteiger partial charge in [0.05, 0.1) is 5.56 Å². The molecule has 1 saturated heterocycles. The highest BCUT2D eigenvalue weighted by Crippen LogP contribution is 2.18. The van der Waals surface area contributed by atoms with Gasteiger partial charge in [0.15, 0.2) is 0 Å². The van der Waals surface area contributed by atoms with Gasteiger partial charge in [0.2, 0.25) is 0 Å². The fourth-order valence-corrected chi connectivity index (χ4v) is 2.53. The van der Waals surface area contributed by atoms with Gasteiger partial charge in [0, 0.05) is 11.0 Å².